The molecule has 0 aromatic heterocycles. The molecular formula is C15H19N3O. The van der Waals surface area contributed by atoms with Crippen molar-refractivity contribution in [1.29, 1.82) is 5.26 Å². The molecule has 1 amide bonds. The first-order valence-electron chi connectivity index (χ1n) is 6.63. The monoisotopic (exact) mass is 257 g/mol. The molecule has 4 heteroatoms. The predicted octanol–water partition coefficient (Wildman–Crippen LogP) is 1.83. The van der Waals surface area contributed by atoms with Crippen LogP contribution in [-0.4, -0.2) is 26.0 Å². The number of carbonyl (C=O) groups excluding carboxylic acids is 1. The van der Waals surface area contributed by atoms with E-state index in [-0.39, 0.29) is 11.8 Å². The van der Waals surface area contributed by atoms with E-state index in [1.807, 2.05) is 25.1 Å². The van der Waals surface area contributed by atoms with Crippen LogP contribution in [-0.2, 0) is 4.79 Å². The number of carbonyl (C=O) groups is 1. The SMILES string of the molecule is CNC(=O)C1CCCN(c2ccc(C#N)c(C)c2)C1. The summed E-state index contributed by atoms with van der Waals surface area (Å²) in [6.45, 7) is 3.67. The fourth-order valence-corrected chi connectivity index (χ4v) is 2.60. The van der Waals surface area contributed by atoms with Crippen molar-refractivity contribution < 1.29 is 4.79 Å². The summed E-state index contributed by atoms with van der Waals surface area (Å²) in [5.74, 6) is 0.185. The molecule has 0 aliphatic carbocycles. The lowest BCUT2D eigenvalue weighted by Crippen LogP contribution is -2.42. The Bertz CT molecular complexity index is 519. The van der Waals surface area contributed by atoms with E-state index >= 15 is 0 Å². The molecule has 1 aliphatic rings. The molecule has 0 radical (unpaired) electrons. The third-order valence-corrected chi connectivity index (χ3v) is 3.73. The van der Waals surface area contributed by atoms with Crippen molar-refractivity contribution in [3.05, 3.63) is 29.3 Å². The summed E-state index contributed by atoms with van der Waals surface area (Å²) in [5.41, 5.74) is 2.80. The highest BCUT2D eigenvalue weighted by Crippen LogP contribution is 2.25. The summed E-state index contributed by atoms with van der Waals surface area (Å²) in [6, 6.07) is 8.04. The number of nitriles is 1. The highest BCUT2D eigenvalue weighted by atomic mass is 16.1. The molecule has 0 saturated carbocycles. The van der Waals surface area contributed by atoms with E-state index in [2.05, 4.69) is 16.3 Å². The van der Waals surface area contributed by atoms with E-state index in [1.165, 1.54) is 0 Å². The Hall–Kier alpha value is -2.02. The van der Waals surface area contributed by atoms with Gasteiger partial charge in [-0.2, -0.15) is 5.26 Å². The number of rotatable bonds is 2. The van der Waals surface area contributed by atoms with Crippen molar-refractivity contribution in [2.24, 2.45) is 5.92 Å². The molecule has 1 atom stereocenters. The van der Waals surface area contributed by atoms with Gasteiger partial charge in [0.2, 0.25) is 5.91 Å². The third kappa shape index (κ3) is 2.87. The van der Waals surface area contributed by atoms with E-state index in [4.69, 9.17) is 5.26 Å². The summed E-state index contributed by atoms with van der Waals surface area (Å²) < 4.78 is 0. The standard InChI is InChI=1S/C15H19N3O/c1-11-8-14(6-5-12(11)9-16)18-7-3-4-13(10-18)15(19)17-2/h5-6,8,13H,3-4,7,10H2,1-2H3,(H,17,19). The molecule has 1 aromatic carbocycles. The predicted molar refractivity (Wildman–Crippen MR) is 74.9 cm³/mol. The Balaban J connectivity index is 2.16. The second-order valence-corrected chi connectivity index (χ2v) is 5.01. The van der Waals surface area contributed by atoms with E-state index in [1.54, 1.807) is 7.05 Å². The molecule has 19 heavy (non-hydrogen) atoms. The molecule has 0 spiro atoms. The molecular weight excluding hydrogens is 238 g/mol. The maximum absolute atomic E-state index is 11.7. The third-order valence-electron chi connectivity index (χ3n) is 3.73. The fourth-order valence-electron chi connectivity index (χ4n) is 2.60. The first-order chi connectivity index (χ1) is 9.15. The minimum Gasteiger partial charge on any atom is -0.371 e. The average molecular weight is 257 g/mol. The van der Waals surface area contributed by atoms with E-state index in [0.29, 0.717) is 5.56 Å². The van der Waals surface area contributed by atoms with Gasteiger partial charge >= 0.3 is 0 Å². The van der Waals surface area contributed by atoms with E-state index in [9.17, 15) is 4.79 Å². The lowest BCUT2D eigenvalue weighted by atomic mass is 9.96. The van der Waals surface area contributed by atoms with E-state index in [0.717, 1.165) is 37.2 Å². The Kier molecular flexibility index (Phi) is 4.06. The van der Waals surface area contributed by atoms with Crippen LogP contribution in [0.2, 0.25) is 0 Å². The molecule has 1 heterocycles. The van der Waals surface area contributed by atoms with Gasteiger partial charge < -0.3 is 10.2 Å². The van der Waals surface area contributed by atoms with Crippen molar-refractivity contribution >= 4 is 11.6 Å². The van der Waals surface area contributed by atoms with Crippen LogP contribution in [0.15, 0.2) is 18.2 Å². The molecule has 2 rings (SSSR count). The zero-order valence-electron chi connectivity index (χ0n) is 11.4. The largest absolute Gasteiger partial charge is 0.371 e. The molecule has 0 bridgehead atoms. The van der Waals surface area contributed by atoms with Crippen LogP contribution < -0.4 is 10.2 Å². The zero-order chi connectivity index (χ0) is 13.8. The van der Waals surface area contributed by atoms with Crippen molar-refractivity contribution in [3.63, 3.8) is 0 Å². The molecule has 1 aromatic rings. The van der Waals surface area contributed by atoms with Crippen LogP contribution in [0.4, 0.5) is 5.69 Å². The van der Waals surface area contributed by atoms with E-state index < -0.39 is 0 Å². The van der Waals surface area contributed by atoms with Gasteiger partial charge in [-0.05, 0) is 43.5 Å². The first kappa shape index (κ1) is 13.4. The van der Waals surface area contributed by atoms with Crippen LogP contribution in [0.5, 0.6) is 0 Å². The van der Waals surface area contributed by atoms with Gasteiger partial charge in [-0.3, -0.25) is 4.79 Å². The van der Waals surface area contributed by atoms with Gasteiger partial charge in [-0.1, -0.05) is 0 Å². The van der Waals surface area contributed by atoms with Gasteiger partial charge in [0.15, 0.2) is 0 Å². The smallest absolute Gasteiger partial charge is 0.224 e. The highest BCUT2D eigenvalue weighted by molar-refractivity contribution is 5.79. The van der Waals surface area contributed by atoms with Crippen molar-refractivity contribution in [1.82, 2.24) is 5.32 Å². The Labute approximate surface area is 114 Å². The van der Waals surface area contributed by atoms with Crippen LogP contribution >= 0.6 is 0 Å². The Morgan fingerprint density at radius 2 is 2.32 bits per heavy atom. The molecule has 100 valence electrons. The molecule has 1 N–H and O–H groups in total. The van der Waals surface area contributed by atoms with Gasteiger partial charge in [-0.15, -0.1) is 0 Å². The summed E-state index contributed by atoms with van der Waals surface area (Å²) in [4.78, 5) is 14.0. The van der Waals surface area contributed by atoms with Crippen LogP contribution in [0, 0.1) is 24.2 Å². The fraction of sp³-hybridized carbons (Fsp3) is 0.467. The van der Waals surface area contributed by atoms with Gasteiger partial charge in [0, 0.05) is 25.8 Å². The second-order valence-electron chi connectivity index (χ2n) is 5.01. The van der Waals surface area contributed by atoms with Crippen LogP contribution in [0.25, 0.3) is 0 Å². The quantitative estimate of drug-likeness (QED) is 0.879. The number of amides is 1. The summed E-state index contributed by atoms with van der Waals surface area (Å²) in [5, 5.41) is 11.7. The Morgan fingerprint density at radius 1 is 1.53 bits per heavy atom. The lowest BCUT2D eigenvalue weighted by molar-refractivity contribution is -0.124. The number of nitrogens with zero attached hydrogens (tertiary/aromatic N) is 2. The molecule has 4 nitrogen and oxygen atoms in total. The maximum atomic E-state index is 11.7. The zero-order valence-corrected chi connectivity index (χ0v) is 11.4. The van der Waals surface area contributed by atoms with Gasteiger partial charge in [0.05, 0.1) is 17.6 Å². The lowest BCUT2D eigenvalue weighted by Gasteiger charge is -2.33. The van der Waals surface area contributed by atoms with Gasteiger partial charge in [0.1, 0.15) is 0 Å². The van der Waals surface area contributed by atoms with Crippen LogP contribution in [0.3, 0.4) is 0 Å². The second kappa shape index (κ2) is 5.75. The molecule has 1 fully saturated rings. The topological polar surface area (TPSA) is 56.1 Å². The van der Waals surface area contributed by atoms with Gasteiger partial charge in [0.25, 0.3) is 0 Å². The van der Waals surface area contributed by atoms with Crippen molar-refractivity contribution in [2.75, 3.05) is 25.0 Å². The number of benzene rings is 1. The van der Waals surface area contributed by atoms with Crippen LogP contribution in [0.1, 0.15) is 24.0 Å². The summed E-state index contributed by atoms with van der Waals surface area (Å²) in [6.07, 6.45) is 1.97. The first-order valence-corrected chi connectivity index (χ1v) is 6.63. The molecule has 1 saturated heterocycles. The minimum atomic E-state index is 0.0645. The van der Waals surface area contributed by atoms with Crippen molar-refractivity contribution in [3.8, 4) is 6.07 Å². The van der Waals surface area contributed by atoms with Crippen molar-refractivity contribution in [2.45, 2.75) is 19.8 Å². The van der Waals surface area contributed by atoms with Gasteiger partial charge in [-0.25, -0.2) is 0 Å². The minimum absolute atomic E-state index is 0.0645. The average Bonchev–Trinajstić information content (AvgIpc) is 2.46. The number of hydrogen-bond donors (Lipinski definition) is 1. The maximum Gasteiger partial charge on any atom is 0.224 e. The highest BCUT2D eigenvalue weighted by Gasteiger charge is 2.25. The Morgan fingerprint density at radius 3 is 2.95 bits per heavy atom. The number of nitrogens with one attached hydrogen (secondary N) is 1. The normalized spacial score (nSPS) is 18.8. The molecule has 1 aliphatic heterocycles. The number of piperidine rings is 1. The molecule has 1 unspecified atom stereocenters. The number of hydrogen-bond acceptors (Lipinski definition) is 3. The number of aryl methyl sites for hydroxylation is 1. The summed E-state index contributed by atoms with van der Waals surface area (Å²) in [7, 11) is 1.69. The number of anilines is 1. The summed E-state index contributed by atoms with van der Waals surface area (Å²) >= 11 is 0.